The summed E-state index contributed by atoms with van der Waals surface area (Å²) in [7, 11) is 0. The van der Waals surface area contributed by atoms with E-state index in [0.717, 1.165) is 16.4 Å². The van der Waals surface area contributed by atoms with Crippen LogP contribution in [-0.4, -0.2) is 19.6 Å². The fraction of sp³-hybridized carbons (Fsp3) is 0. The standard InChI is InChI=1S/C8H5N3O3S/c12-7-2-1-5(3-6(7)11(13)14)8-4-9-10-15-8/h1-4,12H. The molecule has 1 N–H and O–H groups in total. The fourth-order valence-electron chi connectivity index (χ4n) is 1.12. The van der Waals surface area contributed by atoms with Crippen LogP contribution in [0.15, 0.2) is 24.4 Å². The number of nitrogens with zero attached hydrogens (tertiary/aromatic N) is 3. The van der Waals surface area contributed by atoms with Gasteiger partial charge in [-0.2, -0.15) is 0 Å². The maximum absolute atomic E-state index is 10.6. The normalized spacial score (nSPS) is 10.1. The van der Waals surface area contributed by atoms with Gasteiger partial charge in [0.05, 0.1) is 16.0 Å². The number of hydrogen-bond acceptors (Lipinski definition) is 6. The molecule has 76 valence electrons. The minimum absolute atomic E-state index is 0.319. The summed E-state index contributed by atoms with van der Waals surface area (Å²) in [4.78, 5) is 10.7. The van der Waals surface area contributed by atoms with E-state index in [-0.39, 0.29) is 11.4 Å². The van der Waals surface area contributed by atoms with Crippen molar-refractivity contribution in [1.29, 1.82) is 0 Å². The van der Waals surface area contributed by atoms with Gasteiger partial charge in [0, 0.05) is 11.6 Å². The van der Waals surface area contributed by atoms with Crippen LogP contribution in [0.3, 0.4) is 0 Å². The second-order valence-electron chi connectivity index (χ2n) is 2.74. The van der Waals surface area contributed by atoms with E-state index in [1.807, 2.05) is 0 Å². The van der Waals surface area contributed by atoms with E-state index in [4.69, 9.17) is 0 Å². The van der Waals surface area contributed by atoms with E-state index in [2.05, 4.69) is 9.59 Å². The minimum atomic E-state index is -0.632. The number of benzene rings is 1. The van der Waals surface area contributed by atoms with Crippen molar-refractivity contribution in [3.63, 3.8) is 0 Å². The molecule has 0 amide bonds. The number of nitro groups is 1. The highest BCUT2D eigenvalue weighted by molar-refractivity contribution is 7.09. The van der Waals surface area contributed by atoms with Crippen molar-refractivity contribution in [1.82, 2.24) is 9.59 Å². The van der Waals surface area contributed by atoms with Crippen molar-refractivity contribution in [2.24, 2.45) is 0 Å². The van der Waals surface area contributed by atoms with Crippen LogP contribution < -0.4 is 0 Å². The molecule has 2 rings (SSSR count). The van der Waals surface area contributed by atoms with Crippen LogP contribution in [0, 0.1) is 10.1 Å². The summed E-state index contributed by atoms with van der Waals surface area (Å²) in [5, 5.41) is 23.4. The SMILES string of the molecule is O=[N+]([O-])c1cc(-c2cnns2)ccc1O. The van der Waals surface area contributed by atoms with Gasteiger partial charge >= 0.3 is 5.69 Å². The first kappa shape index (κ1) is 9.53. The zero-order chi connectivity index (χ0) is 10.8. The first-order valence-corrected chi connectivity index (χ1v) is 4.71. The zero-order valence-corrected chi connectivity index (χ0v) is 8.14. The zero-order valence-electron chi connectivity index (χ0n) is 7.32. The topological polar surface area (TPSA) is 89.2 Å². The fourth-order valence-corrected chi connectivity index (χ4v) is 1.63. The molecule has 0 radical (unpaired) electrons. The summed E-state index contributed by atoms with van der Waals surface area (Å²) >= 11 is 1.14. The lowest BCUT2D eigenvalue weighted by atomic mass is 10.1. The van der Waals surface area contributed by atoms with Gasteiger partial charge in [-0.25, -0.2) is 0 Å². The average Bonchev–Trinajstić information content (AvgIpc) is 2.71. The predicted octanol–water partition coefficient (Wildman–Crippen LogP) is 1.82. The van der Waals surface area contributed by atoms with E-state index in [9.17, 15) is 15.2 Å². The minimum Gasteiger partial charge on any atom is -0.502 e. The van der Waals surface area contributed by atoms with Gasteiger partial charge in [0.15, 0.2) is 5.75 Å². The van der Waals surface area contributed by atoms with Crippen LogP contribution in [0.25, 0.3) is 10.4 Å². The molecule has 15 heavy (non-hydrogen) atoms. The Bertz CT molecular complexity index is 498. The van der Waals surface area contributed by atoms with Crippen molar-refractivity contribution in [3.05, 3.63) is 34.5 Å². The highest BCUT2D eigenvalue weighted by Gasteiger charge is 2.14. The first-order valence-electron chi connectivity index (χ1n) is 3.93. The second-order valence-corrected chi connectivity index (χ2v) is 3.53. The molecule has 1 aromatic heterocycles. The predicted molar refractivity (Wildman–Crippen MR) is 53.7 cm³/mol. The van der Waals surface area contributed by atoms with E-state index in [1.165, 1.54) is 18.3 Å². The monoisotopic (exact) mass is 223 g/mol. The number of nitro benzene ring substituents is 1. The smallest absolute Gasteiger partial charge is 0.311 e. The lowest BCUT2D eigenvalue weighted by molar-refractivity contribution is -0.385. The van der Waals surface area contributed by atoms with Gasteiger partial charge in [0.2, 0.25) is 0 Å². The third-order valence-electron chi connectivity index (χ3n) is 1.82. The lowest BCUT2D eigenvalue weighted by Gasteiger charge is -1.98. The molecule has 0 unspecified atom stereocenters. The van der Waals surface area contributed by atoms with E-state index < -0.39 is 4.92 Å². The molecule has 0 saturated heterocycles. The lowest BCUT2D eigenvalue weighted by Crippen LogP contribution is -1.88. The first-order chi connectivity index (χ1) is 7.18. The average molecular weight is 223 g/mol. The van der Waals surface area contributed by atoms with Gasteiger partial charge in [0.1, 0.15) is 0 Å². The Morgan fingerprint density at radius 2 is 2.27 bits per heavy atom. The number of hydrogen-bond donors (Lipinski definition) is 1. The van der Waals surface area contributed by atoms with Gasteiger partial charge in [0.25, 0.3) is 0 Å². The Morgan fingerprint density at radius 1 is 1.47 bits per heavy atom. The Kier molecular flexibility index (Phi) is 2.30. The van der Waals surface area contributed by atoms with Crippen molar-refractivity contribution in [2.75, 3.05) is 0 Å². The highest BCUT2D eigenvalue weighted by Crippen LogP contribution is 2.31. The molecule has 0 fully saturated rings. The summed E-state index contributed by atoms with van der Waals surface area (Å²) in [6, 6.07) is 4.16. The summed E-state index contributed by atoms with van der Waals surface area (Å²) in [5.74, 6) is -0.346. The molecule has 1 aromatic carbocycles. The van der Waals surface area contributed by atoms with Crippen LogP contribution in [-0.2, 0) is 0 Å². The molecular formula is C8H5N3O3S. The van der Waals surface area contributed by atoms with Crippen LogP contribution in [0.1, 0.15) is 0 Å². The Hall–Kier alpha value is -2.02. The highest BCUT2D eigenvalue weighted by atomic mass is 32.1. The number of phenols is 1. The Labute approximate surface area is 88.1 Å². The van der Waals surface area contributed by atoms with Gasteiger partial charge in [-0.1, -0.05) is 4.49 Å². The van der Waals surface area contributed by atoms with Crippen LogP contribution in [0.2, 0.25) is 0 Å². The van der Waals surface area contributed by atoms with Crippen molar-refractivity contribution >= 4 is 17.2 Å². The van der Waals surface area contributed by atoms with Gasteiger partial charge in [-0.05, 0) is 23.7 Å². The van der Waals surface area contributed by atoms with Crippen LogP contribution >= 0.6 is 11.5 Å². The third kappa shape index (κ3) is 1.77. The van der Waals surface area contributed by atoms with Gasteiger partial charge < -0.3 is 5.11 Å². The molecule has 0 aliphatic rings. The van der Waals surface area contributed by atoms with Crippen LogP contribution in [0.4, 0.5) is 5.69 Å². The molecule has 0 aliphatic carbocycles. The molecule has 0 aliphatic heterocycles. The molecule has 1 heterocycles. The van der Waals surface area contributed by atoms with E-state index >= 15 is 0 Å². The van der Waals surface area contributed by atoms with Crippen molar-refractivity contribution in [2.45, 2.75) is 0 Å². The van der Waals surface area contributed by atoms with Crippen LogP contribution in [0.5, 0.6) is 5.75 Å². The number of rotatable bonds is 2. The van der Waals surface area contributed by atoms with E-state index in [1.54, 1.807) is 6.07 Å². The molecule has 6 nitrogen and oxygen atoms in total. The summed E-state index contributed by atoms with van der Waals surface area (Å²) < 4.78 is 3.65. The van der Waals surface area contributed by atoms with Gasteiger partial charge in [-0.15, -0.1) is 5.10 Å². The Morgan fingerprint density at radius 3 is 2.87 bits per heavy atom. The maximum atomic E-state index is 10.6. The third-order valence-corrected chi connectivity index (χ3v) is 2.53. The summed E-state index contributed by atoms with van der Waals surface area (Å²) in [6.45, 7) is 0. The number of phenolic OH excluding ortho intramolecular Hbond substituents is 1. The molecule has 0 saturated carbocycles. The number of aromatic nitrogens is 2. The summed E-state index contributed by atoms with van der Waals surface area (Å²) in [5.41, 5.74) is 0.301. The quantitative estimate of drug-likeness (QED) is 0.619. The molecule has 7 heteroatoms. The molecule has 0 spiro atoms. The largest absolute Gasteiger partial charge is 0.502 e. The van der Waals surface area contributed by atoms with Crippen molar-refractivity contribution < 1.29 is 10.0 Å². The van der Waals surface area contributed by atoms with Crippen molar-refractivity contribution in [3.8, 4) is 16.2 Å². The van der Waals surface area contributed by atoms with Gasteiger partial charge in [-0.3, -0.25) is 10.1 Å². The molecule has 0 atom stereocenters. The second kappa shape index (κ2) is 3.62. The maximum Gasteiger partial charge on any atom is 0.311 e. The Balaban J connectivity index is 2.52. The summed E-state index contributed by atoms with van der Waals surface area (Å²) in [6.07, 6.45) is 1.51. The molecule has 2 aromatic rings. The number of aromatic hydroxyl groups is 1. The molecule has 0 bridgehead atoms. The van der Waals surface area contributed by atoms with E-state index in [0.29, 0.717) is 5.56 Å². The molecular weight excluding hydrogens is 218 g/mol.